The van der Waals surface area contributed by atoms with Gasteiger partial charge in [0.05, 0.1) is 4.92 Å². The van der Waals surface area contributed by atoms with Gasteiger partial charge in [0.15, 0.2) is 5.78 Å². The number of nitrogens with zero attached hydrogens (tertiary/aromatic N) is 2. The predicted molar refractivity (Wildman–Crippen MR) is 114 cm³/mol. The second-order valence-corrected chi connectivity index (χ2v) is 9.05. The molecule has 1 heterocycles. The second kappa shape index (κ2) is 7.36. The molecular weight excluding hydrogens is 404 g/mol. The van der Waals surface area contributed by atoms with Crippen LogP contribution in [0.5, 0.6) is 0 Å². The number of halogens is 1. The van der Waals surface area contributed by atoms with Crippen molar-refractivity contribution in [2.45, 2.75) is 39.0 Å². The van der Waals surface area contributed by atoms with E-state index >= 15 is 0 Å². The number of benzene rings is 2. The number of allylic oxidation sites excluding steroid dienone is 2. The molecule has 2 aromatic carbocycles. The minimum absolute atomic E-state index is 0.0195. The number of ketones is 1. The standard InChI is InChI=1S/C23H21ClN2O4/c1-23(2)12-19-22(20(27)13-23)18(14-3-7-17(8-4-14)26(29)30)11-21(28)25(19)16-9-5-15(24)6-10-16/h3-10,18H,11-13H2,1-2H3. The van der Waals surface area contributed by atoms with E-state index < -0.39 is 10.8 Å². The van der Waals surface area contributed by atoms with Crippen LogP contribution >= 0.6 is 11.6 Å². The van der Waals surface area contributed by atoms with Crippen molar-refractivity contribution < 1.29 is 14.5 Å². The maximum atomic E-state index is 13.3. The summed E-state index contributed by atoms with van der Waals surface area (Å²) in [6.45, 7) is 4.05. The van der Waals surface area contributed by atoms with Gasteiger partial charge in [-0.2, -0.15) is 0 Å². The number of carbonyl (C=O) groups is 2. The number of rotatable bonds is 3. The summed E-state index contributed by atoms with van der Waals surface area (Å²) in [7, 11) is 0. The van der Waals surface area contributed by atoms with Crippen LogP contribution in [-0.4, -0.2) is 16.6 Å². The van der Waals surface area contributed by atoms with Gasteiger partial charge in [-0.05, 0) is 41.7 Å². The molecule has 0 N–H and O–H groups in total. The van der Waals surface area contributed by atoms with Crippen LogP contribution in [0, 0.1) is 15.5 Å². The van der Waals surface area contributed by atoms with E-state index in [1.807, 2.05) is 13.8 Å². The lowest BCUT2D eigenvalue weighted by molar-refractivity contribution is -0.384. The van der Waals surface area contributed by atoms with E-state index in [0.29, 0.717) is 29.1 Å². The first kappa shape index (κ1) is 20.3. The van der Waals surface area contributed by atoms with Crippen LogP contribution < -0.4 is 4.90 Å². The molecule has 2 aromatic rings. The average molecular weight is 425 g/mol. The van der Waals surface area contributed by atoms with Crippen LogP contribution in [0.1, 0.15) is 44.6 Å². The van der Waals surface area contributed by atoms with E-state index in [-0.39, 0.29) is 29.2 Å². The van der Waals surface area contributed by atoms with Crippen molar-refractivity contribution in [1.82, 2.24) is 0 Å². The van der Waals surface area contributed by atoms with Gasteiger partial charge in [0, 0.05) is 52.9 Å². The van der Waals surface area contributed by atoms with Crippen molar-refractivity contribution >= 4 is 34.7 Å². The fourth-order valence-corrected chi connectivity index (χ4v) is 4.54. The third kappa shape index (κ3) is 3.63. The highest BCUT2D eigenvalue weighted by atomic mass is 35.5. The molecule has 1 amide bonds. The maximum Gasteiger partial charge on any atom is 0.269 e. The van der Waals surface area contributed by atoms with Gasteiger partial charge in [0.25, 0.3) is 5.69 Å². The zero-order valence-electron chi connectivity index (χ0n) is 16.7. The highest BCUT2D eigenvalue weighted by Crippen LogP contribution is 2.48. The lowest BCUT2D eigenvalue weighted by atomic mass is 9.69. The van der Waals surface area contributed by atoms with E-state index in [1.54, 1.807) is 41.3 Å². The van der Waals surface area contributed by atoms with Crippen molar-refractivity contribution in [2.24, 2.45) is 5.41 Å². The molecule has 4 rings (SSSR count). The number of hydrogen-bond donors (Lipinski definition) is 0. The predicted octanol–water partition coefficient (Wildman–Crippen LogP) is 5.41. The fraction of sp³-hybridized carbons (Fsp3) is 0.304. The monoisotopic (exact) mass is 424 g/mol. The number of amides is 1. The third-order valence-corrected chi connectivity index (χ3v) is 5.99. The van der Waals surface area contributed by atoms with E-state index in [2.05, 4.69) is 0 Å². The number of nitro benzene ring substituents is 1. The summed E-state index contributed by atoms with van der Waals surface area (Å²) in [6, 6.07) is 13.1. The van der Waals surface area contributed by atoms with E-state index in [4.69, 9.17) is 11.6 Å². The van der Waals surface area contributed by atoms with Crippen molar-refractivity contribution in [3.63, 3.8) is 0 Å². The van der Waals surface area contributed by atoms with Crippen LogP contribution in [0.2, 0.25) is 5.02 Å². The summed E-state index contributed by atoms with van der Waals surface area (Å²) in [5.41, 5.74) is 2.50. The fourth-order valence-electron chi connectivity index (χ4n) is 4.42. The zero-order valence-corrected chi connectivity index (χ0v) is 17.5. The van der Waals surface area contributed by atoms with Gasteiger partial charge in [0.2, 0.25) is 5.91 Å². The van der Waals surface area contributed by atoms with E-state index in [1.165, 1.54) is 12.1 Å². The van der Waals surface area contributed by atoms with Crippen molar-refractivity contribution in [2.75, 3.05) is 4.90 Å². The molecule has 0 saturated carbocycles. The molecule has 0 radical (unpaired) electrons. The van der Waals surface area contributed by atoms with Gasteiger partial charge in [-0.15, -0.1) is 0 Å². The topological polar surface area (TPSA) is 80.5 Å². The molecule has 7 heteroatoms. The molecular formula is C23H21ClN2O4. The lowest BCUT2D eigenvalue weighted by Crippen LogP contribution is -2.43. The second-order valence-electron chi connectivity index (χ2n) is 8.61. The molecule has 0 bridgehead atoms. The Hall–Kier alpha value is -2.99. The van der Waals surface area contributed by atoms with E-state index in [9.17, 15) is 19.7 Å². The highest BCUT2D eigenvalue weighted by Gasteiger charge is 2.44. The van der Waals surface area contributed by atoms with Gasteiger partial charge in [-0.3, -0.25) is 24.6 Å². The molecule has 0 spiro atoms. The normalized spacial score (nSPS) is 20.9. The van der Waals surface area contributed by atoms with Crippen LogP contribution in [0.4, 0.5) is 11.4 Å². The van der Waals surface area contributed by atoms with Crippen LogP contribution in [0.15, 0.2) is 59.8 Å². The highest BCUT2D eigenvalue weighted by molar-refractivity contribution is 6.30. The Morgan fingerprint density at radius 3 is 2.27 bits per heavy atom. The number of Topliss-reactive ketones (excluding diaryl/α,β-unsaturated/α-hetero) is 1. The van der Waals surface area contributed by atoms with Gasteiger partial charge in [-0.1, -0.05) is 37.6 Å². The van der Waals surface area contributed by atoms with Crippen molar-refractivity contribution in [1.29, 1.82) is 0 Å². The van der Waals surface area contributed by atoms with Gasteiger partial charge < -0.3 is 0 Å². The summed E-state index contributed by atoms with van der Waals surface area (Å²) in [5, 5.41) is 11.6. The smallest absolute Gasteiger partial charge is 0.269 e. The number of non-ortho nitro benzene ring substituents is 1. The molecule has 1 aliphatic heterocycles. The molecule has 0 fully saturated rings. The van der Waals surface area contributed by atoms with Crippen LogP contribution in [-0.2, 0) is 9.59 Å². The number of hydrogen-bond acceptors (Lipinski definition) is 4. The summed E-state index contributed by atoms with van der Waals surface area (Å²) in [6.07, 6.45) is 1.12. The van der Waals surface area contributed by atoms with Gasteiger partial charge in [0.1, 0.15) is 0 Å². The number of carbonyl (C=O) groups excluding carboxylic acids is 2. The minimum atomic E-state index is -0.461. The summed E-state index contributed by atoms with van der Waals surface area (Å²) in [5.74, 6) is -0.485. The molecule has 0 saturated heterocycles. The Kier molecular flexibility index (Phi) is 4.98. The molecule has 1 aliphatic carbocycles. The van der Waals surface area contributed by atoms with Crippen LogP contribution in [0.25, 0.3) is 0 Å². The summed E-state index contributed by atoms with van der Waals surface area (Å²) in [4.78, 5) is 38.6. The quantitative estimate of drug-likeness (QED) is 0.487. The maximum absolute atomic E-state index is 13.3. The Bertz CT molecular complexity index is 1070. The van der Waals surface area contributed by atoms with Crippen molar-refractivity contribution in [3.8, 4) is 0 Å². The molecule has 154 valence electrons. The Morgan fingerprint density at radius 2 is 1.67 bits per heavy atom. The Morgan fingerprint density at radius 1 is 1.03 bits per heavy atom. The molecule has 2 aliphatic rings. The van der Waals surface area contributed by atoms with Crippen molar-refractivity contribution in [3.05, 3.63) is 80.5 Å². The first-order chi connectivity index (χ1) is 14.2. The first-order valence-electron chi connectivity index (χ1n) is 9.75. The minimum Gasteiger partial charge on any atom is -0.294 e. The van der Waals surface area contributed by atoms with E-state index in [0.717, 1.165) is 11.3 Å². The lowest BCUT2D eigenvalue weighted by Gasteiger charge is -2.43. The van der Waals surface area contributed by atoms with Gasteiger partial charge >= 0.3 is 0 Å². The molecule has 1 atom stereocenters. The largest absolute Gasteiger partial charge is 0.294 e. The molecule has 1 unspecified atom stereocenters. The molecule has 30 heavy (non-hydrogen) atoms. The molecule has 0 aromatic heterocycles. The summed E-state index contributed by atoms with van der Waals surface area (Å²) >= 11 is 6.01. The summed E-state index contributed by atoms with van der Waals surface area (Å²) < 4.78 is 0. The zero-order chi connectivity index (χ0) is 21.6. The molecule has 6 nitrogen and oxygen atoms in total. The number of anilines is 1. The Balaban J connectivity index is 1.85. The van der Waals surface area contributed by atoms with Crippen LogP contribution in [0.3, 0.4) is 0 Å². The SMILES string of the molecule is CC1(C)CC(=O)C2=C(C1)N(c1ccc(Cl)cc1)C(=O)CC2c1ccc([N+](=O)[O-])cc1. The Labute approximate surface area is 179 Å². The average Bonchev–Trinajstić information content (AvgIpc) is 2.67. The first-order valence-corrected chi connectivity index (χ1v) is 10.1. The third-order valence-electron chi connectivity index (χ3n) is 5.73. The number of nitro groups is 1. The van der Waals surface area contributed by atoms with Gasteiger partial charge in [-0.25, -0.2) is 0 Å².